The van der Waals surface area contributed by atoms with Gasteiger partial charge in [0.1, 0.15) is 18.2 Å². The Bertz CT molecular complexity index is 902. The lowest BCUT2D eigenvalue weighted by molar-refractivity contribution is -0.151. The second-order valence-corrected chi connectivity index (χ2v) is 13.6. The van der Waals surface area contributed by atoms with Crippen molar-refractivity contribution in [2.75, 3.05) is 13.2 Å². The molecule has 6 nitrogen and oxygen atoms in total. The minimum Gasteiger partial charge on any atom is -0.461 e. The minimum atomic E-state index is -0.676. The van der Waals surface area contributed by atoms with Gasteiger partial charge in [0.25, 0.3) is 0 Å². The molecule has 1 atom stereocenters. The van der Waals surface area contributed by atoms with Gasteiger partial charge in [-0.3, -0.25) is 14.4 Å². The van der Waals surface area contributed by atoms with Crippen LogP contribution in [0, 0.1) is 16.7 Å². The smallest absolute Gasteiger partial charge is 0.306 e. The molecule has 1 aromatic rings. The molecule has 0 N–H and O–H groups in total. The zero-order valence-electron chi connectivity index (χ0n) is 26.3. The van der Waals surface area contributed by atoms with Gasteiger partial charge in [-0.25, -0.2) is 0 Å². The zero-order chi connectivity index (χ0) is 29.9. The first-order chi connectivity index (χ1) is 17.9. The van der Waals surface area contributed by atoms with Crippen molar-refractivity contribution in [2.45, 2.75) is 126 Å². The van der Waals surface area contributed by atoms with Crippen LogP contribution in [0.5, 0.6) is 0 Å². The van der Waals surface area contributed by atoms with Gasteiger partial charge in [-0.05, 0) is 65.9 Å². The number of Topliss-reactive ketones (excluding diaryl/α,β-unsaturated/α-hetero) is 2. The molecule has 222 valence electrons. The van der Waals surface area contributed by atoms with Crippen molar-refractivity contribution < 1.29 is 28.6 Å². The molecule has 0 aromatic heterocycles. The quantitative estimate of drug-likeness (QED) is 0.149. The summed E-state index contributed by atoms with van der Waals surface area (Å²) in [7, 11) is 0. The van der Waals surface area contributed by atoms with E-state index in [0.717, 1.165) is 18.4 Å². The van der Waals surface area contributed by atoms with E-state index in [1.807, 2.05) is 99.6 Å². The van der Waals surface area contributed by atoms with Crippen LogP contribution < -0.4 is 0 Å². The number of esters is 1. The summed E-state index contributed by atoms with van der Waals surface area (Å²) < 4.78 is 17.4. The van der Waals surface area contributed by atoms with Gasteiger partial charge in [-0.15, -0.1) is 0 Å². The number of carbonyl (C=O) groups excluding carboxylic acids is 3. The molecule has 0 amide bonds. The molecular weight excluding hydrogens is 492 g/mol. The first-order valence-electron chi connectivity index (χ1n) is 14.4. The molecule has 0 heterocycles. The second kappa shape index (κ2) is 15.1. The second-order valence-electron chi connectivity index (χ2n) is 13.6. The first kappa shape index (κ1) is 35.0. The summed E-state index contributed by atoms with van der Waals surface area (Å²) in [5.41, 5.74) is -1.16. The summed E-state index contributed by atoms with van der Waals surface area (Å²) in [4.78, 5) is 38.8. The Morgan fingerprint density at radius 1 is 0.769 bits per heavy atom. The van der Waals surface area contributed by atoms with Crippen molar-refractivity contribution in [3.05, 3.63) is 35.9 Å². The van der Waals surface area contributed by atoms with Crippen molar-refractivity contribution in [1.82, 2.24) is 0 Å². The van der Waals surface area contributed by atoms with Gasteiger partial charge in [-0.2, -0.15) is 0 Å². The Morgan fingerprint density at radius 3 is 1.92 bits per heavy atom. The molecule has 0 spiro atoms. The van der Waals surface area contributed by atoms with Gasteiger partial charge in [0, 0.05) is 31.0 Å². The fourth-order valence-electron chi connectivity index (χ4n) is 4.19. The van der Waals surface area contributed by atoms with Crippen molar-refractivity contribution in [2.24, 2.45) is 16.7 Å². The molecule has 0 bridgehead atoms. The lowest BCUT2D eigenvalue weighted by atomic mass is 9.72. The molecule has 0 aliphatic carbocycles. The minimum absolute atomic E-state index is 0.0457. The third kappa shape index (κ3) is 12.8. The summed E-state index contributed by atoms with van der Waals surface area (Å²) in [6.07, 6.45) is 3.30. The highest BCUT2D eigenvalue weighted by molar-refractivity contribution is 5.89. The van der Waals surface area contributed by atoms with Crippen LogP contribution in [0.3, 0.4) is 0 Å². The molecule has 6 heteroatoms. The van der Waals surface area contributed by atoms with E-state index >= 15 is 0 Å². The van der Waals surface area contributed by atoms with Gasteiger partial charge in [0.15, 0.2) is 0 Å². The van der Waals surface area contributed by atoms with Crippen molar-refractivity contribution in [3.8, 4) is 0 Å². The lowest BCUT2D eigenvalue weighted by Gasteiger charge is -2.40. The number of hydrogen-bond donors (Lipinski definition) is 0. The maximum absolute atomic E-state index is 13.1. The van der Waals surface area contributed by atoms with E-state index in [0.29, 0.717) is 32.5 Å². The Hall–Kier alpha value is -2.05. The lowest BCUT2D eigenvalue weighted by Crippen LogP contribution is -2.47. The molecule has 1 rings (SSSR count). The van der Waals surface area contributed by atoms with Crippen LogP contribution >= 0.6 is 0 Å². The summed E-state index contributed by atoms with van der Waals surface area (Å²) >= 11 is 0. The van der Waals surface area contributed by atoms with Crippen LogP contribution in [-0.2, 0) is 35.2 Å². The van der Waals surface area contributed by atoms with E-state index in [1.165, 1.54) is 0 Å². The maximum Gasteiger partial charge on any atom is 0.306 e. The molecule has 1 unspecified atom stereocenters. The van der Waals surface area contributed by atoms with Crippen LogP contribution in [0.15, 0.2) is 30.3 Å². The SMILES string of the molecule is CC(C)(C)OCCCCC(=O)C(C)(C)C(C)(C)OCCCC(CC(=O)OCc1ccccc1)C(=O)C(C)(C)C. The van der Waals surface area contributed by atoms with Crippen LogP contribution in [-0.4, -0.2) is 42.0 Å². The Balaban J connectivity index is 2.62. The normalized spacial score (nSPS) is 13.7. The van der Waals surface area contributed by atoms with E-state index in [4.69, 9.17) is 14.2 Å². The number of unbranched alkanes of at least 4 members (excludes halogenated alkanes) is 1. The molecule has 0 saturated heterocycles. The highest BCUT2D eigenvalue weighted by Crippen LogP contribution is 2.36. The standard InChI is InChI=1S/C33H54O6/c1-30(2,3)29(36)26(23-28(35)37-24-25-17-12-11-13-18-25)19-16-22-39-33(9,10)32(7,8)27(34)20-14-15-21-38-31(4,5)6/h11-13,17-18,26H,14-16,19-24H2,1-10H3. The van der Waals surface area contributed by atoms with Crippen molar-refractivity contribution in [3.63, 3.8) is 0 Å². The maximum atomic E-state index is 13.1. The number of hydrogen-bond acceptors (Lipinski definition) is 6. The predicted octanol–water partition coefficient (Wildman–Crippen LogP) is 7.51. The van der Waals surface area contributed by atoms with Gasteiger partial charge in [-0.1, -0.05) is 65.0 Å². The fraction of sp³-hybridized carbons (Fsp3) is 0.727. The molecule has 0 radical (unpaired) electrons. The summed E-state index contributed by atoms with van der Waals surface area (Å²) in [5.74, 6) is -0.596. The Kier molecular flexibility index (Phi) is 13.5. The highest BCUT2D eigenvalue weighted by Gasteiger charge is 2.43. The van der Waals surface area contributed by atoms with Crippen molar-refractivity contribution in [1.29, 1.82) is 0 Å². The van der Waals surface area contributed by atoms with Crippen LogP contribution in [0.25, 0.3) is 0 Å². The van der Waals surface area contributed by atoms with Crippen LogP contribution in [0.2, 0.25) is 0 Å². The van der Waals surface area contributed by atoms with Crippen molar-refractivity contribution >= 4 is 17.5 Å². The number of carbonyl (C=O) groups is 3. The van der Waals surface area contributed by atoms with E-state index in [2.05, 4.69) is 0 Å². The Labute approximate surface area is 237 Å². The molecule has 1 aromatic carbocycles. The summed E-state index contributed by atoms with van der Waals surface area (Å²) in [6, 6.07) is 9.51. The molecule has 0 aliphatic rings. The molecule has 39 heavy (non-hydrogen) atoms. The largest absolute Gasteiger partial charge is 0.461 e. The van der Waals surface area contributed by atoms with Gasteiger partial charge in [0.05, 0.1) is 23.0 Å². The summed E-state index contributed by atoms with van der Waals surface area (Å²) in [5, 5.41) is 0. The number of rotatable bonds is 17. The zero-order valence-corrected chi connectivity index (χ0v) is 26.3. The molecule has 0 saturated carbocycles. The third-order valence-corrected chi connectivity index (χ3v) is 7.46. The van der Waals surface area contributed by atoms with Gasteiger partial charge in [0.2, 0.25) is 0 Å². The Morgan fingerprint density at radius 2 is 1.36 bits per heavy atom. The van der Waals surface area contributed by atoms with E-state index in [-0.39, 0.29) is 36.2 Å². The fourth-order valence-corrected chi connectivity index (χ4v) is 4.19. The average Bonchev–Trinajstić information content (AvgIpc) is 2.83. The molecule has 0 fully saturated rings. The number of benzene rings is 1. The van der Waals surface area contributed by atoms with E-state index < -0.39 is 22.3 Å². The number of ether oxygens (including phenoxy) is 3. The van der Waals surface area contributed by atoms with Crippen LogP contribution in [0.1, 0.15) is 113 Å². The molecule has 0 aliphatic heterocycles. The van der Waals surface area contributed by atoms with E-state index in [9.17, 15) is 14.4 Å². The topological polar surface area (TPSA) is 78.9 Å². The van der Waals surface area contributed by atoms with E-state index in [1.54, 1.807) is 0 Å². The average molecular weight is 547 g/mol. The van der Waals surface area contributed by atoms with Gasteiger partial charge < -0.3 is 14.2 Å². The number of ketones is 2. The third-order valence-electron chi connectivity index (χ3n) is 7.46. The predicted molar refractivity (Wildman–Crippen MR) is 156 cm³/mol. The van der Waals surface area contributed by atoms with Gasteiger partial charge >= 0.3 is 5.97 Å². The highest BCUT2D eigenvalue weighted by atomic mass is 16.5. The molecular formula is C33H54O6. The first-order valence-corrected chi connectivity index (χ1v) is 14.4. The monoisotopic (exact) mass is 546 g/mol. The van der Waals surface area contributed by atoms with Crippen LogP contribution in [0.4, 0.5) is 0 Å². The summed E-state index contributed by atoms with van der Waals surface area (Å²) in [6.45, 7) is 20.7.